The molecular formula is C22H26N4O5S. The summed E-state index contributed by atoms with van der Waals surface area (Å²) >= 11 is 0. The number of ether oxygens (including phenoxy) is 1. The van der Waals surface area contributed by atoms with Crippen LogP contribution in [-0.2, 0) is 26.2 Å². The standard InChI is InChI=1S/C22H26N4O5S/c1-13-16-8-6-7-9-19(16)26-18(13)11-10-17(22(26)28)21(31-15(3)27)20-14(2)25(12-23-20)32(29,30)24(4)5/h6-9,12,17,21H,10-11H2,1-5H3. The number of nitrogens with zero attached hydrogens (tertiary/aromatic N) is 4. The smallest absolute Gasteiger partial charge is 0.308 e. The molecule has 2 aromatic heterocycles. The Balaban J connectivity index is 1.82. The molecule has 0 radical (unpaired) electrons. The molecular weight excluding hydrogens is 432 g/mol. The fourth-order valence-corrected chi connectivity index (χ4v) is 5.43. The number of hydrogen-bond donors (Lipinski definition) is 0. The molecule has 0 amide bonds. The summed E-state index contributed by atoms with van der Waals surface area (Å²) in [5.74, 6) is -1.44. The van der Waals surface area contributed by atoms with Gasteiger partial charge in [-0.3, -0.25) is 14.2 Å². The average molecular weight is 459 g/mol. The number of aromatic nitrogens is 3. The maximum atomic E-state index is 13.7. The van der Waals surface area contributed by atoms with Crippen molar-refractivity contribution in [3.8, 4) is 0 Å². The van der Waals surface area contributed by atoms with Crippen LogP contribution in [-0.4, -0.2) is 52.2 Å². The normalized spacial score (nSPS) is 17.6. The zero-order chi connectivity index (χ0) is 23.4. The number of fused-ring (bicyclic) bond motifs is 3. The van der Waals surface area contributed by atoms with Crippen molar-refractivity contribution < 1.29 is 22.7 Å². The van der Waals surface area contributed by atoms with E-state index >= 15 is 0 Å². The van der Waals surface area contributed by atoms with E-state index in [1.807, 2.05) is 31.2 Å². The van der Waals surface area contributed by atoms with Crippen LogP contribution in [0, 0.1) is 19.8 Å². The van der Waals surface area contributed by atoms with Crippen molar-refractivity contribution in [2.45, 2.75) is 39.7 Å². The highest BCUT2D eigenvalue weighted by molar-refractivity contribution is 7.87. The summed E-state index contributed by atoms with van der Waals surface area (Å²) in [6, 6.07) is 7.70. The Morgan fingerprint density at radius 1 is 1.25 bits per heavy atom. The summed E-state index contributed by atoms with van der Waals surface area (Å²) < 4.78 is 34.7. The molecule has 0 bridgehead atoms. The van der Waals surface area contributed by atoms with Crippen LogP contribution >= 0.6 is 0 Å². The Labute approximate surface area is 186 Å². The van der Waals surface area contributed by atoms with Crippen LogP contribution in [0.3, 0.4) is 0 Å². The predicted octanol–water partition coefficient (Wildman–Crippen LogP) is 2.62. The van der Waals surface area contributed by atoms with Crippen LogP contribution in [0.5, 0.6) is 0 Å². The van der Waals surface area contributed by atoms with Crippen LogP contribution in [0.1, 0.15) is 46.9 Å². The minimum atomic E-state index is -3.81. The minimum Gasteiger partial charge on any atom is -0.455 e. The largest absolute Gasteiger partial charge is 0.455 e. The molecule has 4 rings (SSSR count). The first-order chi connectivity index (χ1) is 15.1. The minimum absolute atomic E-state index is 0.189. The molecule has 1 aromatic carbocycles. The van der Waals surface area contributed by atoms with Gasteiger partial charge < -0.3 is 4.74 Å². The molecule has 10 heteroatoms. The van der Waals surface area contributed by atoms with E-state index in [2.05, 4.69) is 4.98 Å². The van der Waals surface area contributed by atoms with Crippen LogP contribution < -0.4 is 0 Å². The number of aryl methyl sites for hydroxylation is 1. The first-order valence-electron chi connectivity index (χ1n) is 10.3. The van der Waals surface area contributed by atoms with Gasteiger partial charge in [-0.15, -0.1) is 0 Å². The third-order valence-corrected chi connectivity index (χ3v) is 7.91. The van der Waals surface area contributed by atoms with E-state index in [0.29, 0.717) is 18.5 Å². The molecule has 1 aliphatic rings. The van der Waals surface area contributed by atoms with E-state index in [0.717, 1.165) is 30.4 Å². The highest BCUT2D eigenvalue weighted by Gasteiger charge is 2.40. The van der Waals surface area contributed by atoms with Crippen LogP contribution in [0.25, 0.3) is 10.9 Å². The first-order valence-corrected chi connectivity index (χ1v) is 11.7. The number of carbonyl (C=O) groups is 2. The van der Waals surface area contributed by atoms with Crippen molar-refractivity contribution >= 4 is 33.0 Å². The molecule has 2 atom stereocenters. The molecule has 0 aliphatic carbocycles. The number of carbonyl (C=O) groups excluding carboxylic acids is 2. The maximum absolute atomic E-state index is 13.7. The lowest BCUT2D eigenvalue weighted by atomic mass is 9.88. The molecule has 0 N–H and O–H groups in total. The van der Waals surface area contributed by atoms with Crippen molar-refractivity contribution in [3.63, 3.8) is 0 Å². The highest BCUT2D eigenvalue weighted by Crippen LogP contribution is 2.39. The van der Waals surface area contributed by atoms with E-state index in [-0.39, 0.29) is 11.6 Å². The second-order valence-corrected chi connectivity index (χ2v) is 10.3. The highest BCUT2D eigenvalue weighted by atomic mass is 32.2. The third-order valence-electron chi connectivity index (χ3n) is 6.12. The van der Waals surface area contributed by atoms with Gasteiger partial charge in [0, 0.05) is 32.1 Å². The van der Waals surface area contributed by atoms with Gasteiger partial charge in [0.15, 0.2) is 6.10 Å². The molecule has 0 saturated carbocycles. The molecule has 0 saturated heterocycles. The van der Waals surface area contributed by atoms with Crippen LogP contribution in [0.4, 0.5) is 0 Å². The topological polar surface area (TPSA) is 103 Å². The van der Waals surface area contributed by atoms with Crippen molar-refractivity contribution in [1.82, 2.24) is 17.8 Å². The van der Waals surface area contributed by atoms with Crippen LogP contribution in [0.15, 0.2) is 30.6 Å². The van der Waals surface area contributed by atoms with E-state index in [1.54, 1.807) is 11.5 Å². The molecule has 9 nitrogen and oxygen atoms in total. The molecule has 3 aromatic rings. The summed E-state index contributed by atoms with van der Waals surface area (Å²) in [4.78, 5) is 29.9. The van der Waals surface area contributed by atoms with E-state index in [4.69, 9.17) is 4.74 Å². The van der Waals surface area contributed by atoms with Crippen molar-refractivity contribution in [2.75, 3.05) is 14.1 Å². The van der Waals surface area contributed by atoms with Gasteiger partial charge in [-0.2, -0.15) is 12.7 Å². The quantitative estimate of drug-likeness (QED) is 0.545. The Hall–Kier alpha value is -2.98. The lowest BCUT2D eigenvalue weighted by molar-refractivity contribution is -0.149. The number of esters is 1. The molecule has 0 fully saturated rings. The van der Waals surface area contributed by atoms with Gasteiger partial charge >= 0.3 is 16.2 Å². The molecule has 2 unspecified atom stereocenters. The van der Waals surface area contributed by atoms with E-state index in [1.165, 1.54) is 27.3 Å². The van der Waals surface area contributed by atoms with Gasteiger partial charge in [-0.25, -0.2) is 8.96 Å². The maximum Gasteiger partial charge on any atom is 0.308 e. The van der Waals surface area contributed by atoms with Gasteiger partial charge in [0.05, 0.1) is 17.1 Å². The van der Waals surface area contributed by atoms with Crippen molar-refractivity contribution in [3.05, 3.63) is 53.2 Å². The Morgan fingerprint density at radius 2 is 1.94 bits per heavy atom. The molecule has 3 heterocycles. The Kier molecular flexibility index (Phi) is 5.46. The second-order valence-electron chi connectivity index (χ2n) is 8.24. The van der Waals surface area contributed by atoms with Crippen molar-refractivity contribution in [1.29, 1.82) is 0 Å². The molecule has 0 spiro atoms. The van der Waals surface area contributed by atoms with E-state index < -0.39 is 28.2 Å². The zero-order valence-electron chi connectivity index (χ0n) is 18.7. The fraction of sp³-hybridized carbons (Fsp3) is 0.409. The van der Waals surface area contributed by atoms with Crippen LogP contribution in [0.2, 0.25) is 0 Å². The van der Waals surface area contributed by atoms with Gasteiger partial charge in [-0.1, -0.05) is 18.2 Å². The predicted molar refractivity (Wildman–Crippen MR) is 119 cm³/mol. The lowest BCUT2D eigenvalue weighted by Gasteiger charge is -2.30. The zero-order valence-corrected chi connectivity index (χ0v) is 19.5. The fourth-order valence-electron chi connectivity index (χ4n) is 4.47. The summed E-state index contributed by atoms with van der Waals surface area (Å²) in [6.07, 6.45) is 1.28. The number of imidazole rings is 1. The SMILES string of the molecule is CC(=O)OC(c1ncn(S(=O)(=O)N(C)C)c1C)C1CCc2c(C)c3ccccc3n2C1=O. The lowest BCUT2D eigenvalue weighted by Crippen LogP contribution is -2.35. The monoisotopic (exact) mass is 458 g/mol. The first kappa shape index (κ1) is 22.2. The summed E-state index contributed by atoms with van der Waals surface area (Å²) in [5, 5.41) is 1.01. The Bertz CT molecular complexity index is 1340. The summed E-state index contributed by atoms with van der Waals surface area (Å²) in [7, 11) is -0.970. The summed E-state index contributed by atoms with van der Waals surface area (Å²) in [5.41, 5.74) is 3.40. The number of benzene rings is 1. The summed E-state index contributed by atoms with van der Waals surface area (Å²) in [6.45, 7) is 4.86. The van der Waals surface area contributed by atoms with E-state index in [9.17, 15) is 18.0 Å². The number of hydrogen-bond acceptors (Lipinski definition) is 6. The van der Waals surface area contributed by atoms with Crippen molar-refractivity contribution in [2.24, 2.45) is 5.92 Å². The molecule has 170 valence electrons. The number of para-hydroxylation sites is 1. The second kappa shape index (κ2) is 7.86. The molecule has 1 aliphatic heterocycles. The van der Waals surface area contributed by atoms with Gasteiger partial charge in [0.25, 0.3) is 0 Å². The number of rotatable bonds is 5. The Morgan fingerprint density at radius 3 is 2.59 bits per heavy atom. The third kappa shape index (κ3) is 3.34. The average Bonchev–Trinajstić information content (AvgIpc) is 3.26. The van der Waals surface area contributed by atoms with Gasteiger partial charge in [0.1, 0.15) is 12.0 Å². The van der Waals surface area contributed by atoms with Gasteiger partial charge in [0.2, 0.25) is 5.91 Å². The van der Waals surface area contributed by atoms with Gasteiger partial charge in [-0.05, 0) is 38.3 Å². The molecule has 32 heavy (non-hydrogen) atoms.